The number of rotatable bonds is 1. The molecule has 76 valence electrons. The number of hydrogen-bond acceptors (Lipinski definition) is 2. The molecule has 0 radical (unpaired) electrons. The van der Waals surface area contributed by atoms with E-state index in [-0.39, 0.29) is 6.54 Å². The van der Waals surface area contributed by atoms with Crippen molar-refractivity contribution in [2.75, 3.05) is 6.54 Å². The summed E-state index contributed by atoms with van der Waals surface area (Å²) >= 11 is 0. The summed E-state index contributed by atoms with van der Waals surface area (Å²) in [6.07, 6.45) is 4.44. The van der Waals surface area contributed by atoms with Gasteiger partial charge in [-0.1, -0.05) is 19.8 Å². The van der Waals surface area contributed by atoms with E-state index < -0.39 is 11.7 Å². The Hall–Kier alpha value is -1.17. The Labute approximate surface area is 80.9 Å². The first-order valence-corrected chi connectivity index (χ1v) is 4.36. The van der Waals surface area contributed by atoms with Gasteiger partial charge in [-0.25, -0.2) is 4.79 Å². The minimum atomic E-state index is -0.476. The molecule has 0 spiro atoms. The number of ether oxygens (including phenoxy) is 1. The molecule has 0 heterocycles. The smallest absolute Gasteiger partial charge is 0.408 e. The maximum atomic E-state index is 10.8. The lowest BCUT2D eigenvalue weighted by atomic mass is 10.2. The standard InChI is InChI=1S/C8H13NO2.C2H6/c1-5-6-9-7(10)11-8(2,3)4;1-2/h1H,6H2,2-4H3,(H,9,10);1-2H3. The minimum Gasteiger partial charge on any atom is -0.444 e. The van der Waals surface area contributed by atoms with E-state index >= 15 is 0 Å². The lowest BCUT2D eigenvalue weighted by Gasteiger charge is -2.18. The second kappa shape index (κ2) is 7.48. The number of hydrogen-bond donors (Lipinski definition) is 1. The van der Waals surface area contributed by atoms with Crippen molar-refractivity contribution in [3.8, 4) is 12.3 Å². The molecule has 1 amide bonds. The van der Waals surface area contributed by atoms with Crippen LogP contribution in [0.4, 0.5) is 4.79 Å². The van der Waals surface area contributed by atoms with E-state index in [4.69, 9.17) is 11.2 Å². The average Bonchev–Trinajstić information content (AvgIpc) is 2.01. The van der Waals surface area contributed by atoms with Gasteiger partial charge in [0.25, 0.3) is 0 Å². The van der Waals surface area contributed by atoms with Crippen LogP contribution in [0.5, 0.6) is 0 Å². The molecule has 0 aliphatic heterocycles. The molecule has 0 unspecified atom stereocenters. The third kappa shape index (κ3) is 13.8. The van der Waals surface area contributed by atoms with Gasteiger partial charge in [0.05, 0.1) is 6.54 Å². The second-order valence-corrected chi connectivity index (χ2v) is 3.06. The van der Waals surface area contributed by atoms with E-state index in [2.05, 4.69) is 11.2 Å². The molecule has 0 aromatic rings. The maximum absolute atomic E-state index is 10.8. The van der Waals surface area contributed by atoms with Gasteiger partial charge >= 0.3 is 6.09 Å². The highest BCUT2D eigenvalue weighted by Gasteiger charge is 2.14. The summed E-state index contributed by atoms with van der Waals surface area (Å²) in [7, 11) is 0. The molecule has 0 saturated heterocycles. The number of amides is 1. The van der Waals surface area contributed by atoms with E-state index in [1.807, 2.05) is 13.8 Å². The lowest BCUT2D eigenvalue weighted by molar-refractivity contribution is 0.0535. The van der Waals surface area contributed by atoms with Crippen LogP contribution >= 0.6 is 0 Å². The fraction of sp³-hybridized carbons (Fsp3) is 0.700. The number of carbonyl (C=O) groups is 1. The molecule has 0 aliphatic carbocycles. The van der Waals surface area contributed by atoms with Gasteiger partial charge in [-0.05, 0) is 20.8 Å². The molecule has 0 bridgehead atoms. The molecule has 0 atom stereocenters. The van der Waals surface area contributed by atoms with Crippen LogP contribution in [-0.2, 0) is 4.74 Å². The van der Waals surface area contributed by atoms with Crippen LogP contribution in [0.15, 0.2) is 0 Å². The summed E-state index contributed by atoms with van der Waals surface area (Å²) in [5, 5.41) is 2.39. The Morgan fingerprint density at radius 3 is 2.23 bits per heavy atom. The highest BCUT2D eigenvalue weighted by molar-refractivity contribution is 5.67. The molecule has 0 aromatic heterocycles. The van der Waals surface area contributed by atoms with Gasteiger partial charge in [0, 0.05) is 0 Å². The summed E-state index contributed by atoms with van der Waals surface area (Å²) in [4.78, 5) is 10.8. The average molecular weight is 185 g/mol. The Bertz CT molecular complexity index is 174. The molecule has 0 aromatic carbocycles. The van der Waals surface area contributed by atoms with Crippen molar-refractivity contribution in [1.29, 1.82) is 0 Å². The first-order valence-electron chi connectivity index (χ1n) is 4.36. The van der Waals surface area contributed by atoms with Crippen LogP contribution in [0, 0.1) is 12.3 Å². The predicted octanol–water partition coefficient (Wildman–Crippen LogP) is 2.17. The second-order valence-electron chi connectivity index (χ2n) is 3.06. The quantitative estimate of drug-likeness (QED) is 0.636. The van der Waals surface area contributed by atoms with Gasteiger partial charge < -0.3 is 10.1 Å². The van der Waals surface area contributed by atoms with Crippen LogP contribution in [0.2, 0.25) is 0 Å². The number of nitrogens with one attached hydrogen (secondary N) is 1. The van der Waals surface area contributed by atoms with E-state index in [9.17, 15) is 4.79 Å². The Kier molecular flexibility index (Phi) is 8.26. The highest BCUT2D eigenvalue weighted by Crippen LogP contribution is 2.05. The SMILES string of the molecule is C#CCNC(=O)OC(C)(C)C.CC. The van der Waals surface area contributed by atoms with Gasteiger partial charge in [0.15, 0.2) is 0 Å². The van der Waals surface area contributed by atoms with Crippen molar-refractivity contribution >= 4 is 6.09 Å². The third-order valence-corrected chi connectivity index (χ3v) is 0.734. The summed E-state index contributed by atoms with van der Waals surface area (Å²) in [6, 6.07) is 0. The molecule has 0 saturated carbocycles. The molecule has 1 N–H and O–H groups in total. The predicted molar refractivity (Wildman–Crippen MR) is 54.4 cm³/mol. The third-order valence-electron chi connectivity index (χ3n) is 0.734. The molecule has 0 rings (SSSR count). The molecule has 0 fully saturated rings. The zero-order valence-electron chi connectivity index (χ0n) is 9.10. The van der Waals surface area contributed by atoms with E-state index in [1.54, 1.807) is 20.8 Å². The molecule has 3 nitrogen and oxygen atoms in total. The Morgan fingerprint density at radius 1 is 1.46 bits per heavy atom. The fourth-order valence-electron chi connectivity index (χ4n) is 0.437. The first kappa shape index (κ1) is 14.4. The van der Waals surface area contributed by atoms with Gasteiger partial charge in [0.2, 0.25) is 0 Å². The molecular formula is C10H19NO2. The Morgan fingerprint density at radius 2 is 1.92 bits per heavy atom. The van der Waals surface area contributed by atoms with Crippen molar-refractivity contribution in [2.45, 2.75) is 40.2 Å². The summed E-state index contributed by atoms with van der Waals surface area (Å²) < 4.78 is 4.89. The normalized spacial score (nSPS) is 8.92. The molecule has 3 heteroatoms. The van der Waals surface area contributed by atoms with Crippen LogP contribution in [0.1, 0.15) is 34.6 Å². The zero-order valence-corrected chi connectivity index (χ0v) is 9.10. The summed E-state index contributed by atoms with van der Waals surface area (Å²) in [5.41, 5.74) is -0.460. The van der Waals surface area contributed by atoms with Crippen molar-refractivity contribution in [2.24, 2.45) is 0 Å². The highest BCUT2D eigenvalue weighted by atomic mass is 16.6. The van der Waals surface area contributed by atoms with Crippen LogP contribution in [-0.4, -0.2) is 18.2 Å². The monoisotopic (exact) mass is 185 g/mol. The first-order chi connectivity index (χ1) is 5.95. The van der Waals surface area contributed by atoms with Crippen molar-refractivity contribution in [3.63, 3.8) is 0 Å². The summed E-state index contributed by atoms with van der Waals surface area (Å²) in [5.74, 6) is 2.27. The number of carbonyl (C=O) groups excluding carboxylic acids is 1. The fourth-order valence-corrected chi connectivity index (χ4v) is 0.437. The van der Waals surface area contributed by atoms with Crippen LogP contribution in [0.25, 0.3) is 0 Å². The zero-order chi connectivity index (χ0) is 10.9. The van der Waals surface area contributed by atoms with Crippen LogP contribution < -0.4 is 5.32 Å². The number of terminal acetylenes is 1. The van der Waals surface area contributed by atoms with Gasteiger partial charge in [0.1, 0.15) is 5.60 Å². The molecule has 0 aliphatic rings. The van der Waals surface area contributed by atoms with Gasteiger partial charge in [-0.15, -0.1) is 6.42 Å². The number of alkyl carbamates (subject to hydrolysis) is 1. The summed E-state index contributed by atoms with van der Waals surface area (Å²) in [6.45, 7) is 9.59. The van der Waals surface area contributed by atoms with E-state index in [1.165, 1.54) is 0 Å². The minimum absolute atomic E-state index is 0.203. The van der Waals surface area contributed by atoms with Gasteiger partial charge in [-0.2, -0.15) is 0 Å². The van der Waals surface area contributed by atoms with Crippen LogP contribution in [0.3, 0.4) is 0 Å². The Balaban J connectivity index is 0. The van der Waals surface area contributed by atoms with Crippen molar-refractivity contribution < 1.29 is 9.53 Å². The lowest BCUT2D eigenvalue weighted by Crippen LogP contribution is -2.32. The van der Waals surface area contributed by atoms with Crippen molar-refractivity contribution in [1.82, 2.24) is 5.32 Å². The van der Waals surface area contributed by atoms with Gasteiger partial charge in [-0.3, -0.25) is 0 Å². The van der Waals surface area contributed by atoms with E-state index in [0.717, 1.165) is 0 Å². The maximum Gasteiger partial charge on any atom is 0.408 e. The van der Waals surface area contributed by atoms with Crippen molar-refractivity contribution in [3.05, 3.63) is 0 Å². The molecule has 13 heavy (non-hydrogen) atoms. The molecular weight excluding hydrogens is 166 g/mol. The van der Waals surface area contributed by atoms with E-state index in [0.29, 0.717) is 0 Å². The topological polar surface area (TPSA) is 38.3 Å². The largest absolute Gasteiger partial charge is 0.444 e.